The van der Waals surface area contributed by atoms with E-state index in [9.17, 15) is 19.2 Å². The molecule has 0 rings (SSSR count). The third-order valence-corrected chi connectivity index (χ3v) is 3.16. The molecule has 0 aromatic rings. The number of ether oxygens (including phenoxy) is 4. The molecule has 0 aliphatic heterocycles. The molecule has 0 spiro atoms. The molecule has 0 atom stereocenters. The van der Waals surface area contributed by atoms with Crippen LogP contribution in [0.1, 0.15) is 6.42 Å². The van der Waals surface area contributed by atoms with Gasteiger partial charge in [0.1, 0.15) is 0 Å². The van der Waals surface area contributed by atoms with Crippen molar-refractivity contribution in [2.24, 2.45) is 5.92 Å². The maximum Gasteiger partial charge on any atom is 0.331 e. The van der Waals surface area contributed by atoms with Gasteiger partial charge in [-0.15, -0.1) is 0 Å². The summed E-state index contributed by atoms with van der Waals surface area (Å²) in [5, 5.41) is 14.3. The van der Waals surface area contributed by atoms with Crippen LogP contribution in [0.4, 0.5) is 0 Å². The van der Waals surface area contributed by atoms with E-state index in [0.29, 0.717) is 6.42 Å². The Kier molecular flexibility index (Phi) is 12.8. The van der Waals surface area contributed by atoms with Crippen molar-refractivity contribution in [1.82, 2.24) is 4.90 Å². The van der Waals surface area contributed by atoms with Gasteiger partial charge in [0, 0.05) is 36.8 Å². The summed E-state index contributed by atoms with van der Waals surface area (Å²) in [6.07, 6.45) is 5.82. The van der Waals surface area contributed by atoms with Crippen LogP contribution in [0.2, 0.25) is 0 Å². The van der Waals surface area contributed by atoms with E-state index in [1.165, 1.54) is 4.90 Å². The Morgan fingerprint density at radius 2 is 1.18 bits per heavy atom. The minimum atomic E-state index is -0.789. The van der Waals surface area contributed by atoms with Crippen molar-refractivity contribution in [2.75, 3.05) is 34.0 Å². The summed E-state index contributed by atoms with van der Waals surface area (Å²) in [5.41, 5.74) is 0. The predicted molar refractivity (Wildman–Crippen MR) is 96.6 cm³/mol. The molecule has 0 fully saturated rings. The Hall–Kier alpha value is -3.50. The van der Waals surface area contributed by atoms with Crippen LogP contribution in [0.5, 0.6) is 0 Å². The standard InChI is InChI=1S/C17H23N3O8/c1-25-14(21)3-5-16(23)27-9-13(7-8-20(11-18)12-19)10-28-17(24)6-4-15(22)26-2/h3-6,11-13,18-19H,7-10H2,1-2H3/b5-3+,6-4+,18-11?,19-12?. The molecule has 0 saturated carbocycles. The first kappa shape index (κ1) is 24.5. The summed E-state index contributed by atoms with van der Waals surface area (Å²) in [5.74, 6) is -3.46. The van der Waals surface area contributed by atoms with Gasteiger partial charge in [0.05, 0.1) is 40.1 Å². The van der Waals surface area contributed by atoms with Crippen molar-refractivity contribution in [3.63, 3.8) is 0 Å². The van der Waals surface area contributed by atoms with Gasteiger partial charge >= 0.3 is 23.9 Å². The van der Waals surface area contributed by atoms with Gasteiger partial charge in [0.25, 0.3) is 0 Å². The minimum Gasteiger partial charge on any atom is -0.466 e. The van der Waals surface area contributed by atoms with E-state index in [2.05, 4.69) is 9.47 Å². The van der Waals surface area contributed by atoms with Gasteiger partial charge in [-0.1, -0.05) is 0 Å². The molecule has 0 saturated heterocycles. The molecule has 0 unspecified atom stereocenters. The largest absolute Gasteiger partial charge is 0.466 e. The summed E-state index contributed by atoms with van der Waals surface area (Å²) < 4.78 is 18.7. The molecular formula is C17H23N3O8. The number of nitrogens with one attached hydrogen (secondary N) is 2. The lowest BCUT2D eigenvalue weighted by Crippen LogP contribution is -2.27. The summed E-state index contributed by atoms with van der Waals surface area (Å²) in [4.78, 5) is 46.4. The average Bonchev–Trinajstić information content (AvgIpc) is 2.71. The SMILES string of the molecule is COC(=O)/C=C/C(=O)OCC(CCN(C=N)C=N)COC(=O)/C=C/C(=O)OC. The molecule has 0 radical (unpaired) electrons. The van der Waals surface area contributed by atoms with Gasteiger partial charge in [-0.25, -0.2) is 19.2 Å². The van der Waals surface area contributed by atoms with Crippen molar-refractivity contribution >= 4 is 36.6 Å². The van der Waals surface area contributed by atoms with E-state index in [0.717, 1.165) is 51.2 Å². The van der Waals surface area contributed by atoms with E-state index >= 15 is 0 Å². The Balaban J connectivity index is 4.72. The first-order valence-electron chi connectivity index (χ1n) is 7.98. The van der Waals surface area contributed by atoms with Crippen LogP contribution in [0.25, 0.3) is 0 Å². The number of methoxy groups -OCH3 is 2. The zero-order chi connectivity index (χ0) is 21.4. The van der Waals surface area contributed by atoms with Gasteiger partial charge in [-0.05, 0) is 6.42 Å². The quantitative estimate of drug-likeness (QED) is 0.144. The number of hydrogen-bond acceptors (Lipinski definition) is 10. The highest BCUT2D eigenvalue weighted by atomic mass is 16.5. The average molecular weight is 397 g/mol. The molecule has 28 heavy (non-hydrogen) atoms. The highest BCUT2D eigenvalue weighted by molar-refractivity contribution is 5.92. The first-order chi connectivity index (χ1) is 13.4. The van der Waals surface area contributed by atoms with E-state index in [1.54, 1.807) is 0 Å². The third kappa shape index (κ3) is 12.0. The maximum absolute atomic E-state index is 11.6. The van der Waals surface area contributed by atoms with Crippen LogP contribution in [-0.4, -0.2) is 75.4 Å². The van der Waals surface area contributed by atoms with Crippen molar-refractivity contribution in [3.05, 3.63) is 24.3 Å². The lowest BCUT2D eigenvalue weighted by molar-refractivity contribution is -0.144. The summed E-state index contributed by atoms with van der Waals surface area (Å²) in [6, 6.07) is 0. The molecule has 0 aliphatic rings. The Morgan fingerprint density at radius 1 is 0.786 bits per heavy atom. The van der Waals surface area contributed by atoms with Crippen LogP contribution in [0.3, 0.4) is 0 Å². The molecule has 11 heteroatoms. The first-order valence-corrected chi connectivity index (χ1v) is 7.98. The molecule has 11 nitrogen and oxygen atoms in total. The number of hydrogen-bond donors (Lipinski definition) is 2. The van der Waals surface area contributed by atoms with Gasteiger partial charge in [0.2, 0.25) is 0 Å². The third-order valence-electron chi connectivity index (χ3n) is 3.16. The second-order valence-corrected chi connectivity index (χ2v) is 5.12. The van der Waals surface area contributed by atoms with Crippen molar-refractivity contribution in [1.29, 1.82) is 10.8 Å². The molecule has 0 bridgehead atoms. The number of esters is 4. The Morgan fingerprint density at radius 3 is 1.54 bits per heavy atom. The van der Waals surface area contributed by atoms with E-state index in [-0.39, 0.29) is 19.8 Å². The maximum atomic E-state index is 11.6. The number of carbonyl (C=O) groups excluding carboxylic acids is 4. The fraction of sp³-hybridized carbons (Fsp3) is 0.412. The lowest BCUT2D eigenvalue weighted by atomic mass is 10.1. The Bertz CT molecular complexity index is 580. The van der Waals surface area contributed by atoms with Gasteiger partial charge in [0.15, 0.2) is 0 Å². The fourth-order valence-electron chi connectivity index (χ4n) is 1.62. The molecule has 154 valence electrons. The zero-order valence-electron chi connectivity index (χ0n) is 15.6. The topological polar surface area (TPSA) is 156 Å². The fourth-order valence-corrected chi connectivity index (χ4v) is 1.62. The van der Waals surface area contributed by atoms with Crippen molar-refractivity contribution < 1.29 is 38.1 Å². The van der Waals surface area contributed by atoms with Crippen LogP contribution >= 0.6 is 0 Å². The second-order valence-electron chi connectivity index (χ2n) is 5.12. The number of nitrogens with zero attached hydrogens (tertiary/aromatic N) is 1. The van der Waals surface area contributed by atoms with Crippen LogP contribution in [0.15, 0.2) is 24.3 Å². The van der Waals surface area contributed by atoms with Gasteiger partial charge < -0.3 is 23.8 Å². The van der Waals surface area contributed by atoms with Crippen molar-refractivity contribution in [3.8, 4) is 0 Å². The highest BCUT2D eigenvalue weighted by Gasteiger charge is 2.15. The Labute approximate surface area is 161 Å². The van der Waals surface area contributed by atoms with Gasteiger partial charge in [-0.2, -0.15) is 0 Å². The monoisotopic (exact) mass is 397 g/mol. The normalized spacial score (nSPS) is 10.5. The summed E-state index contributed by atoms with van der Waals surface area (Å²) >= 11 is 0. The van der Waals surface area contributed by atoms with Gasteiger partial charge in [-0.3, -0.25) is 10.8 Å². The minimum absolute atomic E-state index is 0.137. The number of rotatable bonds is 13. The van der Waals surface area contributed by atoms with E-state index in [1.807, 2.05) is 0 Å². The molecule has 0 aliphatic carbocycles. The van der Waals surface area contributed by atoms with Crippen LogP contribution < -0.4 is 0 Å². The molecule has 0 amide bonds. The van der Waals surface area contributed by atoms with Crippen molar-refractivity contribution in [2.45, 2.75) is 6.42 Å². The van der Waals surface area contributed by atoms with Crippen LogP contribution in [0, 0.1) is 16.7 Å². The smallest absolute Gasteiger partial charge is 0.331 e. The molecule has 0 aromatic carbocycles. The predicted octanol–water partition coefficient (Wildman–Crippen LogP) is 0.0536. The highest BCUT2D eigenvalue weighted by Crippen LogP contribution is 2.07. The zero-order valence-corrected chi connectivity index (χ0v) is 15.6. The molecule has 2 N–H and O–H groups in total. The van der Waals surface area contributed by atoms with E-state index in [4.69, 9.17) is 20.3 Å². The molecule has 0 aromatic heterocycles. The lowest BCUT2D eigenvalue weighted by Gasteiger charge is -2.19. The van der Waals surface area contributed by atoms with Crippen LogP contribution in [-0.2, 0) is 38.1 Å². The molecule has 0 heterocycles. The summed E-state index contributed by atoms with van der Waals surface area (Å²) in [6.45, 7) is -0.0207. The van der Waals surface area contributed by atoms with E-state index < -0.39 is 29.8 Å². The number of carbonyl (C=O) groups is 4. The molecular weight excluding hydrogens is 374 g/mol. The summed E-state index contributed by atoms with van der Waals surface area (Å²) in [7, 11) is 2.32. The second kappa shape index (κ2) is 14.6.